The number of amides is 1. The normalized spacial score (nSPS) is 18.6. The third kappa shape index (κ3) is 3.05. The highest BCUT2D eigenvalue weighted by Crippen LogP contribution is 2.23. The molecule has 1 amide bonds. The van der Waals surface area contributed by atoms with Gasteiger partial charge in [0.1, 0.15) is 5.75 Å². The maximum atomic E-state index is 12.2. The van der Waals surface area contributed by atoms with Crippen molar-refractivity contribution in [1.82, 2.24) is 4.90 Å². The van der Waals surface area contributed by atoms with E-state index in [1.54, 1.807) is 24.0 Å². The van der Waals surface area contributed by atoms with E-state index in [9.17, 15) is 14.7 Å². The SMILES string of the molecule is Cc1cc(C(=O)N2CCC(CC(=O)O)C2)ccc1O. The van der Waals surface area contributed by atoms with Gasteiger partial charge in [0.25, 0.3) is 5.91 Å². The molecule has 5 heteroatoms. The highest BCUT2D eigenvalue weighted by atomic mass is 16.4. The lowest BCUT2D eigenvalue weighted by molar-refractivity contribution is -0.138. The average molecular weight is 263 g/mol. The number of phenols is 1. The van der Waals surface area contributed by atoms with Crippen molar-refractivity contribution >= 4 is 11.9 Å². The van der Waals surface area contributed by atoms with Gasteiger partial charge in [-0.1, -0.05) is 0 Å². The van der Waals surface area contributed by atoms with Gasteiger partial charge in [-0.15, -0.1) is 0 Å². The third-order valence-electron chi connectivity index (χ3n) is 3.48. The maximum Gasteiger partial charge on any atom is 0.303 e. The Hall–Kier alpha value is -2.04. The van der Waals surface area contributed by atoms with E-state index in [2.05, 4.69) is 0 Å². The van der Waals surface area contributed by atoms with Crippen LogP contribution in [0.2, 0.25) is 0 Å². The fraction of sp³-hybridized carbons (Fsp3) is 0.429. The molecule has 1 heterocycles. The molecule has 1 saturated heterocycles. The summed E-state index contributed by atoms with van der Waals surface area (Å²) in [5.41, 5.74) is 1.19. The Balaban J connectivity index is 2.04. The largest absolute Gasteiger partial charge is 0.508 e. The van der Waals surface area contributed by atoms with Gasteiger partial charge < -0.3 is 15.1 Å². The Bertz CT molecular complexity index is 512. The zero-order valence-electron chi connectivity index (χ0n) is 10.8. The summed E-state index contributed by atoms with van der Waals surface area (Å²) in [6.45, 7) is 2.82. The number of hydrogen-bond donors (Lipinski definition) is 2. The minimum Gasteiger partial charge on any atom is -0.508 e. The summed E-state index contributed by atoms with van der Waals surface area (Å²) in [4.78, 5) is 24.6. The number of likely N-dealkylation sites (tertiary alicyclic amines) is 1. The first-order valence-electron chi connectivity index (χ1n) is 6.28. The molecule has 0 aromatic heterocycles. The van der Waals surface area contributed by atoms with Gasteiger partial charge in [0, 0.05) is 25.1 Å². The smallest absolute Gasteiger partial charge is 0.303 e. The minimum atomic E-state index is -0.820. The number of carboxylic acid groups (broad SMARTS) is 1. The van der Waals surface area contributed by atoms with E-state index >= 15 is 0 Å². The topological polar surface area (TPSA) is 77.8 Å². The Morgan fingerprint density at radius 1 is 1.42 bits per heavy atom. The molecule has 1 atom stereocenters. The van der Waals surface area contributed by atoms with Crippen molar-refractivity contribution in [2.75, 3.05) is 13.1 Å². The van der Waals surface area contributed by atoms with Crippen LogP contribution < -0.4 is 0 Å². The van der Waals surface area contributed by atoms with Gasteiger partial charge in [-0.05, 0) is 43.0 Å². The van der Waals surface area contributed by atoms with Gasteiger partial charge in [-0.3, -0.25) is 9.59 Å². The zero-order valence-corrected chi connectivity index (χ0v) is 10.8. The van der Waals surface area contributed by atoms with Crippen LogP contribution in [0.25, 0.3) is 0 Å². The maximum absolute atomic E-state index is 12.2. The number of carbonyl (C=O) groups excluding carboxylic acids is 1. The molecule has 0 saturated carbocycles. The molecule has 0 radical (unpaired) electrons. The van der Waals surface area contributed by atoms with Gasteiger partial charge in [0.05, 0.1) is 0 Å². The molecule has 1 fully saturated rings. The number of benzene rings is 1. The number of aromatic hydroxyl groups is 1. The van der Waals surface area contributed by atoms with E-state index in [1.807, 2.05) is 0 Å². The van der Waals surface area contributed by atoms with Gasteiger partial charge in [0.2, 0.25) is 0 Å². The van der Waals surface area contributed by atoms with E-state index in [4.69, 9.17) is 5.11 Å². The number of carbonyl (C=O) groups is 2. The minimum absolute atomic E-state index is 0.0414. The quantitative estimate of drug-likeness (QED) is 0.869. The van der Waals surface area contributed by atoms with E-state index in [1.165, 1.54) is 6.07 Å². The Morgan fingerprint density at radius 2 is 2.16 bits per heavy atom. The second kappa shape index (κ2) is 5.30. The monoisotopic (exact) mass is 263 g/mol. The molecule has 0 aliphatic carbocycles. The van der Waals surface area contributed by atoms with Gasteiger partial charge in [0.15, 0.2) is 0 Å². The zero-order chi connectivity index (χ0) is 14.0. The van der Waals surface area contributed by atoms with E-state index < -0.39 is 5.97 Å². The first-order chi connectivity index (χ1) is 8.97. The van der Waals surface area contributed by atoms with Crippen LogP contribution in [0.15, 0.2) is 18.2 Å². The number of nitrogens with zero attached hydrogens (tertiary/aromatic N) is 1. The summed E-state index contributed by atoms with van der Waals surface area (Å²) in [5.74, 6) is -0.711. The predicted molar refractivity (Wildman–Crippen MR) is 69.1 cm³/mol. The molecule has 5 nitrogen and oxygen atoms in total. The second-order valence-electron chi connectivity index (χ2n) is 5.00. The number of hydrogen-bond acceptors (Lipinski definition) is 3. The number of phenolic OH excluding ortho intramolecular Hbond substituents is 1. The van der Waals surface area contributed by atoms with Crippen molar-refractivity contribution in [3.05, 3.63) is 29.3 Å². The molecule has 19 heavy (non-hydrogen) atoms. The molecule has 2 rings (SSSR count). The molecule has 1 unspecified atom stereocenters. The first kappa shape index (κ1) is 13.4. The Kier molecular flexibility index (Phi) is 3.74. The van der Waals surface area contributed by atoms with Crippen LogP contribution in [0, 0.1) is 12.8 Å². The molecule has 1 aromatic rings. The average Bonchev–Trinajstić information content (AvgIpc) is 2.79. The van der Waals surface area contributed by atoms with E-state index in [0.29, 0.717) is 24.2 Å². The molecular formula is C14H17NO4. The molecule has 0 spiro atoms. The van der Waals surface area contributed by atoms with Crippen LogP contribution in [0.3, 0.4) is 0 Å². The molecule has 2 N–H and O–H groups in total. The third-order valence-corrected chi connectivity index (χ3v) is 3.48. The number of aryl methyl sites for hydroxylation is 1. The van der Waals surface area contributed by atoms with Crippen LogP contribution >= 0.6 is 0 Å². The van der Waals surface area contributed by atoms with Gasteiger partial charge in [-0.2, -0.15) is 0 Å². The summed E-state index contributed by atoms with van der Waals surface area (Å²) >= 11 is 0. The predicted octanol–water partition coefficient (Wildman–Crippen LogP) is 1.64. The van der Waals surface area contributed by atoms with Crippen molar-refractivity contribution < 1.29 is 19.8 Å². The molecule has 0 bridgehead atoms. The standard InChI is InChI=1S/C14H17NO4/c1-9-6-11(2-3-12(9)16)14(19)15-5-4-10(8-15)7-13(17)18/h2-3,6,10,16H,4-5,7-8H2,1H3,(H,17,18). The molecule has 1 aliphatic rings. The highest BCUT2D eigenvalue weighted by molar-refractivity contribution is 5.94. The van der Waals surface area contributed by atoms with Crippen molar-refractivity contribution in [3.63, 3.8) is 0 Å². The van der Waals surface area contributed by atoms with Crippen LogP contribution in [0.4, 0.5) is 0 Å². The second-order valence-corrected chi connectivity index (χ2v) is 5.00. The van der Waals surface area contributed by atoms with Gasteiger partial charge >= 0.3 is 5.97 Å². The highest BCUT2D eigenvalue weighted by Gasteiger charge is 2.28. The van der Waals surface area contributed by atoms with Crippen molar-refractivity contribution in [1.29, 1.82) is 0 Å². The lowest BCUT2D eigenvalue weighted by atomic mass is 10.1. The number of carboxylic acids is 1. The molecule has 1 aromatic carbocycles. The summed E-state index contributed by atoms with van der Waals surface area (Å²) in [6.07, 6.45) is 0.841. The van der Waals surface area contributed by atoms with Crippen molar-refractivity contribution in [3.8, 4) is 5.75 Å². The van der Waals surface area contributed by atoms with Crippen LogP contribution in [-0.2, 0) is 4.79 Å². The van der Waals surface area contributed by atoms with Crippen molar-refractivity contribution in [2.45, 2.75) is 19.8 Å². The lowest BCUT2D eigenvalue weighted by Crippen LogP contribution is -2.29. The van der Waals surface area contributed by atoms with E-state index in [0.717, 1.165) is 6.42 Å². The molecule has 1 aliphatic heterocycles. The first-order valence-corrected chi connectivity index (χ1v) is 6.28. The van der Waals surface area contributed by atoms with E-state index in [-0.39, 0.29) is 24.0 Å². The summed E-state index contributed by atoms with van der Waals surface area (Å²) < 4.78 is 0. The summed E-state index contributed by atoms with van der Waals surface area (Å²) in [5, 5.41) is 18.2. The Morgan fingerprint density at radius 3 is 2.79 bits per heavy atom. The fourth-order valence-corrected chi connectivity index (χ4v) is 2.40. The fourth-order valence-electron chi connectivity index (χ4n) is 2.40. The lowest BCUT2D eigenvalue weighted by Gasteiger charge is -2.16. The summed E-state index contributed by atoms with van der Waals surface area (Å²) in [7, 11) is 0. The summed E-state index contributed by atoms with van der Waals surface area (Å²) in [6, 6.07) is 4.75. The van der Waals surface area contributed by atoms with Gasteiger partial charge in [-0.25, -0.2) is 0 Å². The van der Waals surface area contributed by atoms with Crippen LogP contribution in [0.5, 0.6) is 5.75 Å². The van der Waals surface area contributed by atoms with Crippen molar-refractivity contribution in [2.24, 2.45) is 5.92 Å². The van der Waals surface area contributed by atoms with Crippen LogP contribution in [0.1, 0.15) is 28.8 Å². The number of aliphatic carboxylic acids is 1. The Labute approximate surface area is 111 Å². The number of rotatable bonds is 3. The molecular weight excluding hydrogens is 246 g/mol. The molecule has 102 valence electrons. The van der Waals surface area contributed by atoms with Crippen LogP contribution in [-0.4, -0.2) is 40.1 Å².